The molecule has 0 aliphatic rings. The van der Waals surface area contributed by atoms with Crippen LogP contribution in [0.2, 0.25) is 0 Å². The molecule has 0 bridgehead atoms. The Kier molecular flexibility index (Phi) is 4.05. The van der Waals surface area contributed by atoms with Gasteiger partial charge in [-0.3, -0.25) is 4.57 Å². The first-order valence-electron chi connectivity index (χ1n) is 3.91. The molecule has 11 heavy (non-hydrogen) atoms. The molecule has 3 unspecified atom stereocenters. The molecule has 1 N–H and O–H groups in total. The van der Waals surface area contributed by atoms with Crippen molar-refractivity contribution in [1.82, 2.24) is 0 Å². The molecule has 0 aromatic heterocycles. The van der Waals surface area contributed by atoms with Crippen LogP contribution in [0.15, 0.2) is 12.4 Å². The van der Waals surface area contributed by atoms with E-state index in [1.165, 1.54) is 5.82 Å². The summed E-state index contributed by atoms with van der Waals surface area (Å²) in [5.41, 5.74) is -0.162. The summed E-state index contributed by atoms with van der Waals surface area (Å²) < 4.78 is 11.3. The molecule has 0 saturated heterocycles. The summed E-state index contributed by atoms with van der Waals surface area (Å²) in [6, 6.07) is 0. The second-order valence-corrected chi connectivity index (χ2v) is 5.51. The molecule has 0 aromatic rings. The zero-order chi connectivity index (χ0) is 9.07. The normalized spacial score (nSPS) is 21.8. The average molecular weight is 176 g/mol. The molecule has 2 nitrogen and oxygen atoms in total. The van der Waals surface area contributed by atoms with Gasteiger partial charge in [-0.25, -0.2) is 0 Å². The lowest BCUT2D eigenvalue weighted by molar-refractivity contribution is 0.441. The molecular formula is C8H17O2P. The van der Waals surface area contributed by atoms with Crippen molar-refractivity contribution in [2.75, 3.05) is 0 Å². The molecule has 0 aliphatic heterocycles. The molecule has 0 heterocycles. The van der Waals surface area contributed by atoms with E-state index in [1.807, 2.05) is 13.8 Å². The molecule has 0 saturated carbocycles. The average Bonchev–Trinajstić information content (AvgIpc) is 2.01. The monoisotopic (exact) mass is 176 g/mol. The van der Waals surface area contributed by atoms with Crippen LogP contribution in [-0.4, -0.2) is 10.6 Å². The van der Waals surface area contributed by atoms with Crippen LogP contribution in [0.4, 0.5) is 0 Å². The Morgan fingerprint density at radius 2 is 2.09 bits per heavy atom. The Balaban J connectivity index is 4.34. The number of rotatable bonds is 4. The van der Waals surface area contributed by atoms with Crippen molar-refractivity contribution in [3.05, 3.63) is 12.4 Å². The lowest BCUT2D eigenvalue weighted by Gasteiger charge is -2.21. The van der Waals surface area contributed by atoms with Crippen molar-refractivity contribution in [3.63, 3.8) is 0 Å². The number of hydrogen-bond acceptors (Lipinski definition) is 1. The first-order chi connectivity index (χ1) is 4.95. The largest absolute Gasteiger partial charge is 0.341 e. The van der Waals surface area contributed by atoms with Crippen molar-refractivity contribution in [2.45, 2.75) is 32.9 Å². The first-order valence-corrected chi connectivity index (χ1v) is 5.71. The Morgan fingerprint density at radius 3 is 2.36 bits per heavy atom. The first kappa shape index (κ1) is 10.9. The fraction of sp³-hybridized carbons (Fsp3) is 0.750. The Morgan fingerprint density at radius 1 is 1.64 bits per heavy atom. The van der Waals surface area contributed by atoms with Crippen LogP contribution >= 0.6 is 7.37 Å². The molecule has 0 radical (unpaired) electrons. The van der Waals surface area contributed by atoms with Crippen LogP contribution in [0.1, 0.15) is 27.2 Å². The van der Waals surface area contributed by atoms with E-state index >= 15 is 0 Å². The van der Waals surface area contributed by atoms with Gasteiger partial charge in [-0.15, -0.1) is 0 Å². The molecule has 66 valence electrons. The third-order valence-corrected chi connectivity index (χ3v) is 4.51. The van der Waals surface area contributed by atoms with Gasteiger partial charge in [-0.2, -0.15) is 0 Å². The third-order valence-electron chi connectivity index (χ3n) is 2.31. The predicted molar refractivity (Wildman–Crippen MR) is 48.9 cm³/mol. The van der Waals surface area contributed by atoms with Gasteiger partial charge in [0.1, 0.15) is 0 Å². The smallest absolute Gasteiger partial charge is 0.224 e. The van der Waals surface area contributed by atoms with Crippen LogP contribution in [0.5, 0.6) is 0 Å². The highest BCUT2D eigenvalue weighted by Crippen LogP contribution is 2.50. The highest BCUT2D eigenvalue weighted by molar-refractivity contribution is 7.61. The van der Waals surface area contributed by atoms with Crippen LogP contribution in [0.3, 0.4) is 0 Å². The Hall–Kier alpha value is -0.0700. The second kappa shape index (κ2) is 4.08. The van der Waals surface area contributed by atoms with E-state index in [2.05, 4.69) is 6.58 Å². The van der Waals surface area contributed by atoms with Crippen molar-refractivity contribution >= 4 is 7.37 Å². The molecule has 0 amide bonds. The summed E-state index contributed by atoms with van der Waals surface area (Å²) in [6.45, 7) is 9.16. The molecular weight excluding hydrogens is 159 g/mol. The Bertz CT molecular complexity index is 177. The molecule has 3 atom stereocenters. The fourth-order valence-electron chi connectivity index (χ4n) is 0.872. The minimum Gasteiger partial charge on any atom is -0.341 e. The van der Waals surface area contributed by atoms with Gasteiger partial charge >= 0.3 is 0 Å². The van der Waals surface area contributed by atoms with Gasteiger partial charge in [-0.05, 0) is 11.7 Å². The minimum atomic E-state index is -3.07. The van der Waals surface area contributed by atoms with Gasteiger partial charge in [0.25, 0.3) is 0 Å². The van der Waals surface area contributed by atoms with E-state index in [-0.39, 0.29) is 11.6 Å². The molecule has 3 heteroatoms. The molecule has 0 aromatic carbocycles. The maximum atomic E-state index is 11.3. The molecule has 0 fully saturated rings. The van der Waals surface area contributed by atoms with Crippen LogP contribution in [-0.2, 0) is 4.57 Å². The highest BCUT2D eigenvalue weighted by atomic mass is 31.2. The van der Waals surface area contributed by atoms with E-state index < -0.39 is 7.37 Å². The number of hydrogen-bond donors (Lipinski definition) is 1. The van der Waals surface area contributed by atoms with E-state index in [1.54, 1.807) is 6.92 Å². The van der Waals surface area contributed by atoms with Crippen LogP contribution < -0.4 is 0 Å². The second-order valence-electron chi connectivity index (χ2n) is 2.98. The van der Waals surface area contributed by atoms with E-state index in [0.29, 0.717) is 0 Å². The molecule has 0 spiro atoms. The van der Waals surface area contributed by atoms with E-state index in [4.69, 9.17) is 0 Å². The zero-order valence-corrected chi connectivity index (χ0v) is 8.34. The van der Waals surface area contributed by atoms with Gasteiger partial charge in [0.05, 0.1) is 0 Å². The Labute approximate surface area is 68.8 Å². The lowest BCUT2D eigenvalue weighted by Crippen LogP contribution is -2.12. The molecule has 0 aliphatic carbocycles. The summed E-state index contributed by atoms with van der Waals surface area (Å²) in [5, 5.41) is 0. The predicted octanol–water partition coefficient (Wildman–Crippen LogP) is 2.83. The van der Waals surface area contributed by atoms with Crippen molar-refractivity contribution < 1.29 is 9.46 Å². The van der Waals surface area contributed by atoms with Gasteiger partial charge < -0.3 is 4.89 Å². The van der Waals surface area contributed by atoms with Crippen molar-refractivity contribution in [1.29, 1.82) is 0 Å². The van der Waals surface area contributed by atoms with Gasteiger partial charge in [0.2, 0.25) is 7.37 Å². The topological polar surface area (TPSA) is 37.3 Å². The summed E-state index contributed by atoms with van der Waals surface area (Å²) in [7, 11) is -3.07. The quantitative estimate of drug-likeness (QED) is 0.669. The summed E-state index contributed by atoms with van der Waals surface area (Å²) in [4.78, 5) is 9.33. The van der Waals surface area contributed by atoms with Gasteiger partial charge in [-0.1, -0.05) is 33.8 Å². The summed E-state index contributed by atoms with van der Waals surface area (Å²) in [6.07, 6.45) is 0.930. The third kappa shape index (κ3) is 2.80. The maximum absolute atomic E-state index is 11.3. The SMILES string of the molecule is C=CP(=O)(O)C(C)C(C)CC. The minimum absolute atomic E-state index is 0.162. The lowest BCUT2D eigenvalue weighted by atomic mass is 10.1. The van der Waals surface area contributed by atoms with E-state index in [0.717, 1.165) is 6.42 Å². The maximum Gasteiger partial charge on any atom is 0.224 e. The van der Waals surface area contributed by atoms with Gasteiger partial charge in [0.15, 0.2) is 0 Å². The molecule has 0 rings (SSSR count). The zero-order valence-electron chi connectivity index (χ0n) is 7.45. The summed E-state index contributed by atoms with van der Waals surface area (Å²) in [5.74, 6) is 1.47. The van der Waals surface area contributed by atoms with Crippen LogP contribution in [0.25, 0.3) is 0 Å². The van der Waals surface area contributed by atoms with E-state index in [9.17, 15) is 9.46 Å². The highest BCUT2D eigenvalue weighted by Gasteiger charge is 2.26. The standard InChI is InChI=1S/C8H17O2P/c1-5-7(3)8(4)11(9,10)6-2/h6-8H,2,5H2,1,3-4H3,(H,9,10). The summed E-state index contributed by atoms with van der Waals surface area (Å²) >= 11 is 0. The van der Waals surface area contributed by atoms with Crippen molar-refractivity contribution in [2.24, 2.45) is 5.92 Å². The fourth-order valence-corrected chi connectivity index (χ4v) is 2.14. The van der Waals surface area contributed by atoms with Gasteiger partial charge in [0, 0.05) is 5.66 Å². The van der Waals surface area contributed by atoms with Crippen molar-refractivity contribution in [3.8, 4) is 0 Å². The van der Waals surface area contributed by atoms with Crippen LogP contribution in [0, 0.1) is 5.92 Å².